The van der Waals surface area contributed by atoms with Crippen LogP contribution in [0.5, 0.6) is 5.88 Å². The van der Waals surface area contributed by atoms with Crippen molar-refractivity contribution in [3.63, 3.8) is 0 Å². The van der Waals surface area contributed by atoms with Gasteiger partial charge in [0.2, 0.25) is 5.88 Å². The van der Waals surface area contributed by atoms with Crippen LogP contribution in [0.25, 0.3) is 22.3 Å². The Labute approximate surface area is 197 Å². The minimum Gasteiger partial charge on any atom is -0.480 e. The maximum absolute atomic E-state index is 13.2. The third-order valence-corrected chi connectivity index (χ3v) is 5.96. The SMILES string of the molecule is CC(C)Oc1ccc(-c2ccc(C(=O)N3CCCC3C(=O)O)cc2-c2ccccc2Cl)cn1. The van der Waals surface area contributed by atoms with Gasteiger partial charge in [0.1, 0.15) is 6.04 Å². The molecule has 170 valence electrons. The van der Waals surface area contributed by atoms with Gasteiger partial charge in [-0.2, -0.15) is 0 Å². The summed E-state index contributed by atoms with van der Waals surface area (Å²) in [5, 5.41) is 10.0. The van der Waals surface area contributed by atoms with E-state index in [-0.39, 0.29) is 12.0 Å². The topological polar surface area (TPSA) is 79.7 Å². The number of likely N-dealkylation sites (tertiary alicyclic amines) is 1. The monoisotopic (exact) mass is 464 g/mol. The van der Waals surface area contributed by atoms with Crippen LogP contribution < -0.4 is 4.74 Å². The summed E-state index contributed by atoms with van der Waals surface area (Å²) in [6, 6.07) is 15.7. The van der Waals surface area contributed by atoms with Crippen LogP contribution in [0.1, 0.15) is 37.0 Å². The summed E-state index contributed by atoms with van der Waals surface area (Å²) in [5.74, 6) is -0.731. The molecule has 0 spiro atoms. The van der Waals surface area contributed by atoms with Crippen molar-refractivity contribution in [2.75, 3.05) is 6.54 Å². The minimum atomic E-state index is -0.974. The average molecular weight is 465 g/mol. The fourth-order valence-electron chi connectivity index (χ4n) is 4.11. The molecular weight excluding hydrogens is 440 g/mol. The van der Waals surface area contributed by atoms with Gasteiger partial charge in [-0.25, -0.2) is 9.78 Å². The normalized spacial score (nSPS) is 15.6. The number of halogens is 1. The molecule has 1 fully saturated rings. The highest BCUT2D eigenvalue weighted by Gasteiger charge is 2.34. The van der Waals surface area contributed by atoms with E-state index < -0.39 is 12.0 Å². The molecule has 0 aliphatic carbocycles. The zero-order valence-electron chi connectivity index (χ0n) is 18.5. The molecule has 6 nitrogen and oxygen atoms in total. The first-order valence-electron chi connectivity index (χ1n) is 10.9. The Hall–Kier alpha value is -3.38. The van der Waals surface area contributed by atoms with Gasteiger partial charge in [0, 0.05) is 40.5 Å². The van der Waals surface area contributed by atoms with E-state index in [9.17, 15) is 14.7 Å². The summed E-state index contributed by atoms with van der Waals surface area (Å²) in [6.45, 7) is 4.31. The van der Waals surface area contributed by atoms with Crippen LogP contribution in [0.3, 0.4) is 0 Å². The highest BCUT2D eigenvalue weighted by atomic mass is 35.5. The van der Waals surface area contributed by atoms with Gasteiger partial charge in [-0.05, 0) is 62.1 Å². The third kappa shape index (κ3) is 4.86. The van der Waals surface area contributed by atoms with Crippen LogP contribution in [0.4, 0.5) is 0 Å². The second kappa shape index (κ2) is 9.63. The van der Waals surface area contributed by atoms with Crippen LogP contribution in [0, 0.1) is 0 Å². The number of hydrogen-bond donors (Lipinski definition) is 1. The summed E-state index contributed by atoms with van der Waals surface area (Å²) in [5.41, 5.74) is 3.69. The Bertz CT molecular complexity index is 1180. The molecule has 2 aromatic carbocycles. The van der Waals surface area contributed by atoms with Gasteiger partial charge in [0.05, 0.1) is 6.10 Å². The van der Waals surface area contributed by atoms with Gasteiger partial charge in [-0.3, -0.25) is 4.79 Å². The number of hydrogen-bond acceptors (Lipinski definition) is 4. The van der Waals surface area contributed by atoms with Gasteiger partial charge >= 0.3 is 5.97 Å². The number of amides is 1. The number of rotatable bonds is 6. The highest BCUT2D eigenvalue weighted by Crippen LogP contribution is 2.37. The number of nitrogens with zero attached hydrogens (tertiary/aromatic N) is 2. The largest absolute Gasteiger partial charge is 0.480 e. The second-order valence-electron chi connectivity index (χ2n) is 8.29. The smallest absolute Gasteiger partial charge is 0.326 e. The lowest BCUT2D eigenvalue weighted by atomic mass is 9.93. The van der Waals surface area contributed by atoms with Crippen molar-refractivity contribution in [3.05, 3.63) is 71.4 Å². The maximum atomic E-state index is 13.2. The maximum Gasteiger partial charge on any atom is 0.326 e. The average Bonchev–Trinajstić information content (AvgIpc) is 3.29. The predicted octanol–water partition coefficient (Wildman–Crippen LogP) is 5.55. The van der Waals surface area contributed by atoms with Crippen LogP contribution in [-0.2, 0) is 4.79 Å². The second-order valence-corrected chi connectivity index (χ2v) is 8.69. The molecule has 1 amide bonds. The highest BCUT2D eigenvalue weighted by molar-refractivity contribution is 6.33. The summed E-state index contributed by atoms with van der Waals surface area (Å²) < 4.78 is 5.65. The number of carbonyl (C=O) groups excluding carboxylic acids is 1. The van der Waals surface area contributed by atoms with E-state index in [0.717, 1.165) is 22.3 Å². The van der Waals surface area contributed by atoms with E-state index in [2.05, 4.69) is 4.98 Å². The third-order valence-electron chi connectivity index (χ3n) is 5.63. The molecule has 1 aromatic heterocycles. The van der Waals surface area contributed by atoms with E-state index >= 15 is 0 Å². The predicted molar refractivity (Wildman–Crippen MR) is 128 cm³/mol. The molecule has 0 radical (unpaired) electrons. The standard InChI is InChI=1S/C26H25ClN2O4/c1-16(2)33-24-12-10-18(15-28-24)19-11-9-17(14-21(19)20-6-3-4-7-22(20)27)25(30)29-13-5-8-23(29)26(31)32/h3-4,6-7,9-12,14-16,23H,5,8,13H2,1-2H3,(H,31,32). The Morgan fingerprint density at radius 2 is 1.88 bits per heavy atom. The Morgan fingerprint density at radius 3 is 2.55 bits per heavy atom. The van der Waals surface area contributed by atoms with Crippen LogP contribution in [-0.4, -0.2) is 45.6 Å². The molecule has 2 heterocycles. The number of benzene rings is 2. The first kappa shape index (κ1) is 22.8. The number of carboxylic acid groups (broad SMARTS) is 1. The molecule has 1 aliphatic heterocycles. The van der Waals surface area contributed by atoms with Crippen molar-refractivity contribution in [2.45, 2.75) is 38.8 Å². The van der Waals surface area contributed by atoms with Crippen molar-refractivity contribution in [1.29, 1.82) is 0 Å². The van der Waals surface area contributed by atoms with Gasteiger partial charge in [-0.1, -0.05) is 35.9 Å². The molecule has 0 saturated carbocycles. The number of carbonyl (C=O) groups is 2. The zero-order chi connectivity index (χ0) is 23.5. The number of aliphatic carboxylic acids is 1. The molecule has 33 heavy (non-hydrogen) atoms. The number of aromatic nitrogens is 1. The summed E-state index contributed by atoms with van der Waals surface area (Å²) in [6.07, 6.45) is 2.89. The van der Waals surface area contributed by atoms with Crippen molar-refractivity contribution in [2.24, 2.45) is 0 Å². The molecule has 1 unspecified atom stereocenters. The van der Waals surface area contributed by atoms with Crippen LogP contribution in [0.2, 0.25) is 5.02 Å². The van der Waals surface area contributed by atoms with E-state index in [0.29, 0.717) is 35.9 Å². The molecule has 1 aliphatic rings. The Balaban J connectivity index is 1.77. The minimum absolute atomic E-state index is 0.0209. The summed E-state index contributed by atoms with van der Waals surface area (Å²) in [4.78, 5) is 30.7. The van der Waals surface area contributed by atoms with Gasteiger partial charge in [0.15, 0.2) is 0 Å². The van der Waals surface area contributed by atoms with E-state index in [4.69, 9.17) is 16.3 Å². The Morgan fingerprint density at radius 1 is 1.09 bits per heavy atom. The lowest BCUT2D eigenvalue weighted by molar-refractivity contribution is -0.141. The Kier molecular flexibility index (Phi) is 6.65. The van der Waals surface area contributed by atoms with Gasteiger partial charge < -0.3 is 14.7 Å². The quantitative estimate of drug-likeness (QED) is 0.517. The molecule has 1 atom stereocenters. The molecule has 1 N–H and O–H groups in total. The van der Waals surface area contributed by atoms with E-state index in [1.165, 1.54) is 4.90 Å². The summed E-state index contributed by atoms with van der Waals surface area (Å²) >= 11 is 6.52. The first-order valence-corrected chi connectivity index (χ1v) is 11.3. The molecule has 1 saturated heterocycles. The lowest BCUT2D eigenvalue weighted by Crippen LogP contribution is -2.40. The van der Waals surface area contributed by atoms with E-state index in [1.54, 1.807) is 24.4 Å². The molecule has 3 aromatic rings. The van der Waals surface area contributed by atoms with Crippen LogP contribution in [0.15, 0.2) is 60.8 Å². The molecule has 7 heteroatoms. The molecular formula is C26H25ClN2O4. The zero-order valence-corrected chi connectivity index (χ0v) is 19.2. The van der Waals surface area contributed by atoms with Crippen molar-refractivity contribution < 1.29 is 19.4 Å². The number of ether oxygens (including phenoxy) is 1. The lowest BCUT2D eigenvalue weighted by Gasteiger charge is -2.22. The fourth-order valence-corrected chi connectivity index (χ4v) is 4.35. The van der Waals surface area contributed by atoms with Gasteiger partial charge in [0.25, 0.3) is 5.91 Å². The first-order chi connectivity index (χ1) is 15.8. The number of carboxylic acids is 1. The summed E-state index contributed by atoms with van der Waals surface area (Å²) in [7, 11) is 0. The van der Waals surface area contributed by atoms with Crippen molar-refractivity contribution >= 4 is 23.5 Å². The molecule has 0 bridgehead atoms. The molecule has 4 rings (SSSR count). The van der Waals surface area contributed by atoms with E-state index in [1.807, 2.05) is 50.2 Å². The van der Waals surface area contributed by atoms with Gasteiger partial charge in [-0.15, -0.1) is 0 Å². The van der Waals surface area contributed by atoms with Crippen molar-refractivity contribution in [3.8, 4) is 28.1 Å². The number of pyridine rings is 1. The fraction of sp³-hybridized carbons (Fsp3) is 0.269. The van der Waals surface area contributed by atoms with Crippen molar-refractivity contribution in [1.82, 2.24) is 9.88 Å². The van der Waals surface area contributed by atoms with Crippen LogP contribution >= 0.6 is 11.6 Å².